The van der Waals surface area contributed by atoms with Gasteiger partial charge in [-0.3, -0.25) is 9.59 Å². The van der Waals surface area contributed by atoms with Gasteiger partial charge >= 0.3 is 5.97 Å². The van der Waals surface area contributed by atoms with E-state index in [-0.39, 0.29) is 25.5 Å². The standard InChI is InChI=1S/C15H19NO5/c17-13(10-21-9-12-4-2-1-3-5-12)16-15(8-14(18)19)6-7-20-11-15/h1-5H,6-11H2,(H,16,17)(H,18,19). The Hall–Kier alpha value is -1.92. The van der Waals surface area contributed by atoms with Crippen molar-refractivity contribution in [3.05, 3.63) is 35.9 Å². The van der Waals surface area contributed by atoms with Crippen molar-refractivity contribution in [1.82, 2.24) is 5.32 Å². The number of aliphatic carboxylic acids is 1. The lowest BCUT2D eigenvalue weighted by molar-refractivity contribution is -0.139. The zero-order chi connectivity index (χ0) is 15.1. The summed E-state index contributed by atoms with van der Waals surface area (Å²) in [6.07, 6.45) is 0.362. The number of ether oxygens (including phenoxy) is 2. The molecule has 0 spiro atoms. The normalized spacial score (nSPS) is 21.1. The van der Waals surface area contributed by atoms with Crippen LogP contribution in [-0.2, 0) is 25.7 Å². The van der Waals surface area contributed by atoms with Crippen LogP contribution in [-0.4, -0.2) is 42.3 Å². The first-order chi connectivity index (χ1) is 10.1. The Morgan fingerprint density at radius 3 is 2.71 bits per heavy atom. The Balaban J connectivity index is 1.78. The third-order valence-corrected chi connectivity index (χ3v) is 3.34. The van der Waals surface area contributed by atoms with E-state index in [2.05, 4.69) is 5.32 Å². The molecule has 0 radical (unpaired) electrons. The molecular weight excluding hydrogens is 274 g/mol. The first kappa shape index (κ1) is 15.5. The second kappa shape index (κ2) is 7.19. The summed E-state index contributed by atoms with van der Waals surface area (Å²) < 4.78 is 10.6. The first-order valence-electron chi connectivity index (χ1n) is 6.82. The molecule has 0 aliphatic carbocycles. The van der Waals surface area contributed by atoms with E-state index in [0.717, 1.165) is 5.56 Å². The van der Waals surface area contributed by atoms with Crippen LogP contribution in [0, 0.1) is 0 Å². The molecule has 0 aromatic heterocycles. The summed E-state index contributed by atoms with van der Waals surface area (Å²) in [6, 6.07) is 9.53. The van der Waals surface area contributed by atoms with Gasteiger partial charge in [0.25, 0.3) is 0 Å². The fourth-order valence-electron chi connectivity index (χ4n) is 2.35. The van der Waals surface area contributed by atoms with E-state index >= 15 is 0 Å². The van der Waals surface area contributed by atoms with Crippen molar-refractivity contribution >= 4 is 11.9 Å². The van der Waals surface area contributed by atoms with Crippen LogP contribution in [0.5, 0.6) is 0 Å². The van der Waals surface area contributed by atoms with Crippen LogP contribution < -0.4 is 5.32 Å². The average Bonchev–Trinajstić information content (AvgIpc) is 2.87. The first-order valence-corrected chi connectivity index (χ1v) is 6.82. The Kier molecular flexibility index (Phi) is 5.30. The highest BCUT2D eigenvalue weighted by Crippen LogP contribution is 2.22. The minimum absolute atomic E-state index is 0.101. The quantitative estimate of drug-likeness (QED) is 0.782. The number of hydrogen-bond acceptors (Lipinski definition) is 4. The molecule has 1 heterocycles. The second-order valence-corrected chi connectivity index (χ2v) is 5.18. The van der Waals surface area contributed by atoms with E-state index in [4.69, 9.17) is 14.6 Å². The molecule has 1 fully saturated rings. The number of rotatable bonds is 7. The van der Waals surface area contributed by atoms with Gasteiger partial charge in [0.2, 0.25) is 5.91 Å². The van der Waals surface area contributed by atoms with Crippen molar-refractivity contribution in [1.29, 1.82) is 0 Å². The molecule has 1 aromatic rings. The fourth-order valence-corrected chi connectivity index (χ4v) is 2.35. The maximum Gasteiger partial charge on any atom is 0.305 e. The number of carbonyl (C=O) groups excluding carboxylic acids is 1. The molecular formula is C15H19NO5. The van der Waals surface area contributed by atoms with Crippen LogP contribution in [0.15, 0.2) is 30.3 Å². The number of hydrogen-bond donors (Lipinski definition) is 2. The van der Waals surface area contributed by atoms with Gasteiger partial charge in [0.15, 0.2) is 0 Å². The van der Waals surface area contributed by atoms with Gasteiger partial charge in [0, 0.05) is 6.61 Å². The molecule has 2 N–H and O–H groups in total. The molecule has 1 unspecified atom stereocenters. The van der Waals surface area contributed by atoms with E-state index in [0.29, 0.717) is 19.6 Å². The van der Waals surface area contributed by atoms with E-state index in [9.17, 15) is 9.59 Å². The molecule has 1 aromatic carbocycles. The second-order valence-electron chi connectivity index (χ2n) is 5.18. The zero-order valence-corrected chi connectivity index (χ0v) is 11.7. The SMILES string of the molecule is O=C(O)CC1(NC(=O)COCc2ccccc2)CCOC1. The third kappa shape index (κ3) is 4.84. The Morgan fingerprint density at radius 1 is 1.33 bits per heavy atom. The Labute approximate surface area is 123 Å². The summed E-state index contributed by atoms with van der Waals surface area (Å²) >= 11 is 0. The van der Waals surface area contributed by atoms with Crippen molar-refractivity contribution in [2.45, 2.75) is 25.0 Å². The number of nitrogens with one attached hydrogen (secondary N) is 1. The number of carboxylic acid groups (broad SMARTS) is 1. The highest BCUT2D eigenvalue weighted by Gasteiger charge is 2.38. The molecule has 1 aliphatic rings. The van der Waals surface area contributed by atoms with E-state index in [1.165, 1.54) is 0 Å². The van der Waals surface area contributed by atoms with Gasteiger partial charge in [-0.2, -0.15) is 0 Å². The molecule has 1 amide bonds. The zero-order valence-electron chi connectivity index (χ0n) is 11.7. The lowest BCUT2D eigenvalue weighted by Crippen LogP contribution is -2.51. The highest BCUT2D eigenvalue weighted by molar-refractivity contribution is 5.79. The molecule has 0 bridgehead atoms. The fraction of sp³-hybridized carbons (Fsp3) is 0.467. The Morgan fingerprint density at radius 2 is 2.10 bits per heavy atom. The van der Waals surface area contributed by atoms with Crippen LogP contribution >= 0.6 is 0 Å². The summed E-state index contributed by atoms with van der Waals surface area (Å²) in [5, 5.41) is 11.7. The van der Waals surface area contributed by atoms with Gasteiger partial charge in [0.1, 0.15) is 6.61 Å². The molecule has 114 valence electrons. The molecule has 2 rings (SSSR count). The number of benzene rings is 1. The van der Waals surface area contributed by atoms with Gasteiger partial charge < -0.3 is 19.9 Å². The predicted octanol–water partition coefficient (Wildman–Crippen LogP) is 0.953. The van der Waals surface area contributed by atoms with Crippen molar-refractivity contribution < 1.29 is 24.2 Å². The molecule has 6 nitrogen and oxygen atoms in total. The van der Waals surface area contributed by atoms with Gasteiger partial charge in [0.05, 0.1) is 25.2 Å². The van der Waals surface area contributed by atoms with Crippen LogP contribution in [0.4, 0.5) is 0 Å². The minimum Gasteiger partial charge on any atom is -0.481 e. The molecule has 6 heteroatoms. The molecule has 21 heavy (non-hydrogen) atoms. The Bertz CT molecular complexity index is 482. The summed E-state index contributed by atoms with van der Waals surface area (Å²) in [4.78, 5) is 22.8. The van der Waals surface area contributed by atoms with Gasteiger partial charge in [-0.15, -0.1) is 0 Å². The van der Waals surface area contributed by atoms with Gasteiger partial charge in [-0.1, -0.05) is 30.3 Å². The van der Waals surface area contributed by atoms with Crippen molar-refractivity contribution in [2.24, 2.45) is 0 Å². The topological polar surface area (TPSA) is 84.9 Å². The van der Waals surface area contributed by atoms with Gasteiger partial charge in [-0.05, 0) is 12.0 Å². The summed E-state index contributed by atoms with van der Waals surface area (Å²) in [5.41, 5.74) is 0.175. The van der Waals surface area contributed by atoms with Crippen LogP contribution in [0.2, 0.25) is 0 Å². The van der Waals surface area contributed by atoms with E-state index < -0.39 is 11.5 Å². The monoisotopic (exact) mass is 293 g/mol. The molecule has 0 saturated carbocycles. The maximum atomic E-state index is 11.9. The predicted molar refractivity (Wildman–Crippen MR) is 74.7 cm³/mol. The van der Waals surface area contributed by atoms with Crippen LogP contribution in [0.3, 0.4) is 0 Å². The lowest BCUT2D eigenvalue weighted by atomic mass is 9.94. The van der Waals surface area contributed by atoms with Crippen molar-refractivity contribution in [3.8, 4) is 0 Å². The molecule has 1 atom stereocenters. The van der Waals surface area contributed by atoms with E-state index in [1.54, 1.807) is 0 Å². The van der Waals surface area contributed by atoms with Crippen LogP contribution in [0.25, 0.3) is 0 Å². The summed E-state index contributed by atoms with van der Waals surface area (Å²) in [6.45, 7) is 0.926. The van der Waals surface area contributed by atoms with Crippen molar-refractivity contribution in [3.63, 3.8) is 0 Å². The number of amides is 1. The van der Waals surface area contributed by atoms with Gasteiger partial charge in [-0.25, -0.2) is 0 Å². The van der Waals surface area contributed by atoms with Crippen molar-refractivity contribution in [2.75, 3.05) is 19.8 Å². The number of carboxylic acids is 1. The third-order valence-electron chi connectivity index (χ3n) is 3.34. The minimum atomic E-state index is -0.953. The maximum absolute atomic E-state index is 11.9. The summed E-state index contributed by atoms with van der Waals surface area (Å²) in [7, 11) is 0. The highest BCUT2D eigenvalue weighted by atomic mass is 16.5. The molecule has 1 aliphatic heterocycles. The molecule has 1 saturated heterocycles. The lowest BCUT2D eigenvalue weighted by Gasteiger charge is -2.26. The smallest absolute Gasteiger partial charge is 0.305 e. The number of carbonyl (C=O) groups is 2. The van der Waals surface area contributed by atoms with Crippen LogP contribution in [0.1, 0.15) is 18.4 Å². The summed E-state index contributed by atoms with van der Waals surface area (Å²) in [5.74, 6) is -1.27. The van der Waals surface area contributed by atoms with E-state index in [1.807, 2.05) is 30.3 Å². The average molecular weight is 293 g/mol. The largest absolute Gasteiger partial charge is 0.481 e.